The van der Waals surface area contributed by atoms with Crippen LogP contribution in [0.25, 0.3) is 0 Å². The number of rotatable bonds is 5. The third kappa shape index (κ3) is 3.49. The summed E-state index contributed by atoms with van der Waals surface area (Å²) < 4.78 is 12.9. The van der Waals surface area contributed by atoms with Crippen LogP contribution in [-0.2, 0) is 20.0 Å². The van der Waals surface area contributed by atoms with E-state index in [0.717, 1.165) is 30.8 Å². The summed E-state index contributed by atoms with van der Waals surface area (Å²) in [4.78, 5) is 0. The minimum absolute atomic E-state index is 0.554. The molecule has 2 aromatic rings. The number of nitrogens with zero attached hydrogens (tertiary/aromatic N) is 2. The van der Waals surface area contributed by atoms with Crippen LogP contribution in [0.15, 0.2) is 24.5 Å². The number of hydrogen-bond donors (Lipinski definition) is 1. The molecule has 1 aliphatic heterocycles. The summed E-state index contributed by atoms with van der Waals surface area (Å²) in [6.45, 7) is 2.81. The Balaban J connectivity index is 1.54. The van der Waals surface area contributed by atoms with Crippen molar-refractivity contribution < 1.29 is 9.47 Å². The molecule has 2 heterocycles. The Hall–Kier alpha value is -1.72. The summed E-state index contributed by atoms with van der Waals surface area (Å²) in [5.74, 6) is 1.41. The number of benzene rings is 1. The first-order valence-corrected chi connectivity index (χ1v) is 7.36. The van der Waals surface area contributed by atoms with Crippen LogP contribution < -0.4 is 14.8 Å². The van der Waals surface area contributed by atoms with Crippen LogP contribution in [0, 0.1) is 0 Å². The lowest BCUT2D eigenvalue weighted by Crippen LogP contribution is -2.18. The summed E-state index contributed by atoms with van der Waals surface area (Å²) in [7, 11) is 1.92. The van der Waals surface area contributed by atoms with Crippen LogP contribution in [0.3, 0.4) is 0 Å². The van der Waals surface area contributed by atoms with Crippen molar-refractivity contribution in [1.29, 1.82) is 0 Å². The normalized spacial score (nSPS) is 13.4. The maximum atomic E-state index is 6.22. The van der Waals surface area contributed by atoms with Gasteiger partial charge in [0.05, 0.1) is 11.2 Å². The molecule has 21 heavy (non-hydrogen) atoms. The molecule has 0 saturated carbocycles. The largest absolute Gasteiger partial charge is 0.486 e. The predicted octanol–water partition coefficient (Wildman–Crippen LogP) is 2.18. The molecule has 0 radical (unpaired) electrons. The fourth-order valence-electron chi connectivity index (χ4n) is 2.34. The van der Waals surface area contributed by atoms with Crippen molar-refractivity contribution in [2.24, 2.45) is 7.05 Å². The van der Waals surface area contributed by atoms with Gasteiger partial charge in [-0.1, -0.05) is 11.6 Å². The van der Waals surface area contributed by atoms with Crippen LogP contribution >= 0.6 is 11.6 Å². The Kier molecular flexibility index (Phi) is 4.31. The van der Waals surface area contributed by atoms with E-state index in [1.807, 2.05) is 31.6 Å². The molecule has 1 N–H and O–H groups in total. The maximum absolute atomic E-state index is 6.22. The Morgan fingerprint density at radius 2 is 2.14 bits per heavy atom. The molecule has 3 rings (SSSR count). The van der Waals surface area contributed by atoms with Gasteiger partial charge in [-0.25, -0.2) is 0 Å². The van der Waals surface area contributed by atoms with Crippen LogP contribution in [0.5, 0.6) is 11.5 Å². The van der Waals surface area contributed by atoms with Gasteiger partial charge in [-0.3, -0.25) is 4.68 Å². The molecule has 0 saturated heterocycles. The zero-order valence-electron chi connectivity index (χ0n) is 11.9. The number of aryl methyl sites for hydroxylation is 1. The van der Waals surface area contributed by atoms with Crippen molar-refractivity contribution >= 4 is 11.6 Å². The highest BCUT2D eigenvalue weighted by Crippen LogP contribution is 2.38. The van der Waals surface area contributed by atoms with Gasteiger partial charge in [0.25, 0.3) is 0 Å². The molecule has 1 aromatic carbocycles. The third-order valence-electron chi connectivity index (χ3n) is 3.33. The van der Waals surface area contributed by atoms with Gasteiger partial charge in [0.2, 0.25) is 0 Å². The summed E-state index contributed by atoms with van der Waals surface area (Å²) in [6.07, 6.45) is 4.76. The maximum Gasteiger partial charge on any atom is 0.179 e. The summed E-state index contributed by atoms with van der Waals surface area (Å²) in [5, 5.41) is 8.16. The molecule has 0 aliphatic carbocycles. The molecule has 0 spiro atoms. The molecule has 0 unspecified atom stereocenters. The standard InChI is InChI=1S/C15H18ClN3O2/c1-19-10-12(9-18-19)8-17-3-2-11-6-13(16)15-14(7-11)20-4-5-21-15/h6-7,9-10,17H,2-5,8H2,1H3. The zero-order valence-corrected chi connectivity index (χ0v) is 12.7. The number of fused-ring (bicyclic) bond motifs is 1. The lowest BCUT2D eigenvalue weighted by atomic mass is 10.1. The van der Waals surface area contributed by atoms with E-state index < -0.39 is 0 Å². The van der Waals surface area contributed by atoms with Gasteiger partial charge in [0.1, 0.15) is 13.2 Å². The van der Waals surface area contributed by atoms with Crippen molar-refractivity contribution in [2.45, 2.75) is 13.0 Å². The zero-order chi connectivity index (χ0) is 14.7. The van der Waals surface area contributed by atoms with E-state index in [0.29, 0.717) is 24.0 Å². The van der Waals surface area contributed by atoms with E-state index in [9.17, 15) is 0 Å². The first-order chi connectivity index (χ1) is 10.2. The van der Waals surface area contributed by atoms with Gasteiger partial charge in [-0.05, 0) is 30.7 Å². The van der Waals surface area contributed by atoms with Crippen LogP contribution in [0.2, 0.25) is 5.02 Å². The molecule has 0 fully saturated rings. The Morgan fingerprint density at radius 3 is 2.95 bits per heavy atom. The monoisotopic (exact) mass is 307 g/mol. The Morgan fingerprint density at radius 1 is 1.29 bits per heavy atom. The highest BCUT2D eigenvalue weighted by atomic mass is 35.5. The van der Waals surface area contributed by atoms with Crippen LogP contribution in [0.1, 0.15) is 11.1 Å². The molecule has 1 aliphatic rings. The molecular weight excluding hydrogens is 290 g/mol. The average molecular weight is 308 g/mol. The summed E-state index contributed by atoms with van der Waals surface area (Å²) in [6, 6.07) is 3.95. The molecular formula is C15H18ClN3O2. The Labute approximate surface area is 128 Å². The lowest BCUT2D eigenvalue weighted by molar-refractivity contribution is 0.171. The van der Waals surface area contributed by atoms with Crippen molar-refractivity contribution in [2.75, 3.05) is 19.8 Å². The summed E-state index contributed by atoms with van der Waals surface area (Å²) in [5.41, 5.74) is 2.32. The number of halogens is 1. The fraction of sp³-hybridized carbons (Fsp3) is 0.400. The third-order valence-corrected chi connectivity index (χ3v) is 3.62. The number of nitrogens with one attached hydrogen (secondary N) is 1. The molecule has 0 amide bonds. The van der Waals surface area contributed by atoms with Crippen molar-refractivity contribution in [1.82, 2.24) is 15.1 Å². The topological polar surface area (TPSA) is 48.3 Å². The van der Waals surface area contributed by atoms with Crippen LogP contribution in [0.4, 0.5) is 0 Å². The highest BCUT2D eigenvalue weighted by Gasteiger charge is 2.16. The lowest BCUT2D eigenvalue weighted by Gasteiger charge is -2.20. The van der Waals surface area contributed by atoms with E-state index in [-0.39, 0.29) is 0 Å². The second-order valence-corrected chi connectivity index (χ2v) is 5.46. The van der Waals surface area contributed by atoms with E-state index in [2.05, 4.69) is 10.4 Å². The van der Waals surface area contributed by atoms with Crippen molar-refractivity contribution in [3.63, 3.8) is 0 Å². The van der Waals surface area contributed by atoms with Gasteiger partial charge in [-0.15, -0.1) is 0 Å². The fourth-order valence-corrected chi connectivity index (χ4v) is 2.63. The SMILES string of the molecule is Cn1cc(CNCCc2cc(Cl)c3c(c2)OCCO3)cn1. The minimum atomic E-state index is 0.554. The van der Waals surface area contributed by atoms with Crippen LogP contribution in [-0.4, -0.2) is 29.5 Å². The highest BCUT2D eigenvalue weighted by molar-refractivity contribution is 6.32. The average Bonchev–Trinajstić information content (AvgIpc) is 2.89. The van der Waals surface area contributed by atoms with E-state index in [1.165, 1.54) is 5.56 Å². The quantitative estimate of drug-likeness (QED) is 0.860. The smallest absolute Gasteiger partial charge is 0.179 e. The number of aromatic nitrogens is 2. The molecule has 0 bridgehead atoms. The van der Waals surface area contributed by atoms with E-state index in [1.54, 1.807) is 4.68 Å². The second kappa shape index (κ2) is 6.37. The molecule has 0 atom stereocenters. The van der Waals surface area contributed by atoms with E-state index >= 15 is 0 Å². The second-order valence-electron chi connectivity index (χ2n) is 5.05. The number of hydrogen-bond acceptors (Lipinski definition) is 4. The van der Waals surface area contributed by atoms with Gasteiger partial charge >= 0.3 is 0 Å². The van der Waals surface area contributed by atoms with Crippen molar-refractivity contribution in [3.05, 3.63) is 40.7 Å². The first-order valence-electron chi connectivity index (χ1n) is 6.98. The molecule has 1 aromatic heterocycles. The molecule has 5 nitrogen and oxygen atoms in total. The van der Waals surface area contributed by atoms with E-state index in [4.69, 9.17) is 21.1 Å². The molecule has 112 valence electrons. The number of ether oxygens (including phenoxy) is 2. The van der Waals surface area contributed by atoms with Gasteiger partial charge in [0.15, 0.2) is 11.5 Å². The Bertz CT molecular complexity index is 627. The van der Waals surface area contributed by atoms with Crippen molar-refractivity contribution in [3.8, 4) is 11.5 Å². The molecule has 6 heteroatoms. The summed E-state index contributed by atoms with van der Waals surface area (Å²) >= 11 is 6.22. The minimum Gasteiger partial charge on any atom is -0.486 e. The first kappa shape index (κ1) is 14.2. The van der Waals surface area contributed by atoms with Gasteiger partial charge < -0.3 is 14.8 Å². The van der Waals surface area contributed by atoms with Gasteiger partial charge in [0, 0.05) is 25.4 Å². The van der Waals surface area contributed by atoms with Gasteiger partial charge in [-0.2, -0.15) is 5.10 Å². The predicted molar refractivity (Wildman–Crippen MR) is 81.1 cm³/mol.